The molecule has 0 radical (unpaired) electrons. The molecule has 0 atom stereocenters. The van der Waals surface area contributed by atoms with Crippen LogP contribution in [0.4, 0.5) is 0 Å². The molecule has 1 aliphatic heterocycles. The van der Waals surface area contributed by atoms with Crippen LogP contribution in [-0.4, -0.2) is 44.3 Å². The van der Waals surface area contributed by atoms with Gasteiger partial charge in [-0.05, 0) is 24.6 Å². The molecule has 0 saturated carbocycles. The highest BCUT2D eigenvalue weighted by Gasteiger charge is 2.14. The molecule has 0 fully saturated rings. The Kier molecular flexibility index (Phi) is 3.41. The molecular weight excluding hydrogens is 296 g/mol. The van der Waals surface area contributed by atoms with Crippen LogP contribution in [0, 0.1) is 0 Å². The third-order valence-corrected chi connectivity index (χ3v) is 3.76. The molecule has 4 bridgehead atoms. The second kappa shape index (κ2) is 5.71. The number of H-pyrrole nitrogens is 1. The summed E-state index contributed by atoms with van der Waals surface area (Å²) in [5.74, 6) is 0.759. The van der Waals surface area contributed by atoms with Crippen LogP contribution in [0.2, 0.25) is 0 Å². The van der Waals surface area contributed by atoms with Gasteiger partial charge in [0.25, 0.3) is 0 Å². The summed E-state index contributed by atoms with van der Waals surface area (Å²) in [6.07, 6.45) is 2.76. The molecule has 2 N–H and O–H groups in total. The minimum absolute atomic E-state index is 0.0126. The minimum Gasteiger partial charge on any atom is -0.494 e. The molecule has 1 aliphatic rings. The maximum Gasteiger partial charge on any atom is 0.221 e. The number of fused-ring (bicyclic) bond motifs is 4. The van der Waals surface area contributed by atoms with Crippen LogP contribution < -0.4 is 10.1 Å². The summed E-state index contributed by atoms with van der Waals surface area (Å²) in [6.45, 7) is 1.58. The molecule has 8 nitrogen and oxygen atoms in total. The van der Waals surface area contributed by atoms with Gasteiger partial charge in [-0.2, -0.15) is 20.1 Å². The Labute approximate surface area is 131 Å². The Hall–Kier alpha value is -2.90. The molecule has 4 rings (SSSR count). The predicted molar refractivity (Wildman–Crippen MR) is 82.8 cm³/mol. The van der Waals surface area contributed by atoms with Crippen molar-refractivity contribution in [2.45, 2.75) is 19.4 Å². The zero-order valence-electron chi connectivity index (χ0n) is 12.5. The molecule has 118 valence electrons. The van der Waals surface area contributed by atoms with Crippen LogP contribution >= 0.6 is 0 Å². The second-order valence-electron chi connectivity index (χ2n) is 5.41. The molecule has 2 aromatic heterocycles. The van der Waals surface area contributed by atoms with Crippen LogP contribution in [0.5, 0.6) is 5.75 Å². The summed E-state index contributed by atoms with van der Waals surface area (Å²) in [4.78, 5) is 13.3. The van der Waals surface area contributed by atoms with Gasteiger partial charge in [0.15, 0.2) is 0 Å². The molecule has 1 amide bonds. The third kappa shape index (κ3) is 2.75. The molecule has 3 aromatic rings. The van der Waals surface area contributed by atoms with E-state index in [4.69, 9.17) is 4.74 Å². The Balaban J connectivity index is 1.75. The first-order valence-corrected chi connectivity index (χ1v) is 7.58. The summed E-state index contributed by atoms with van der Waals surface area (Å²) in [6, 6.07) is 5.79. The number of aromatic nitrogens is 5. The van der Waals surface area contributed by atoms with E-state index in [9.17, 15) is 4.79 Å². The zero-order valence-corrected chi connectivity index (χ0v) is 12.5. The van der Waals surface area contributed by atoms with Gasteiger partial charge in [-0.15, -0.1) is 0 Å². The monoisotopic (exact) mass is 312 g/mol. The summed E-state index contributed by atoms with van der Waals surface area (Å²) >= 11 is 0. The number of nitrogens with zero attached hydrogens (tertiary/aromatic N) is 4. The van der Waals surface area contributed by atoms with Crippen molar-refractivity contribution in [2.24, 2.45) is 0 Å². The second-order valence-corrected chi connectivity index (χ2v) is 5.41. The smallest absolute Gasteiger partial charge is 0.221 e. The Bertz CT molecular complexity index is 853. The van der Waals surface area contributed by atoms with Crippen molar-refractivity contribution >= 4 is 16.8 Å². The van der Waals surface area contributed by atoms with Crippen molar-refractivity contribution in [1.29, 1.82) is 0 Å². The van der Waals surface area contributed by atoms with E-state index < -0.39 is 0 Å². The average Bonchev–Trinajstić information content (AvgIpc) is 3.17. The van der Waals surface area contributed by atoms with Crippen LogP contribution in [0.1, 0.15) is 12.8 Å². The highest BCUT2D eigenvalue weighted by Crippen LogP contribution is 2.28. The number of hydrogen-bond donors (Lipinski definition) is 2. The fourth-order valence-electron chi connectivity index (χ4n) is 2.57. The van der Waals surface area contributed by atoms with Crippen LogP contribution in [0.25, 0.3) is 22.3 Å². The number of amides is 1. The lowest BCUT2D eigenvalue weighted by Crippen LogP contribution is -2.26. The zero-order chi connectivity index (χ0) is 15.6. The van der Waals surface area contributed by atoms with E-state index in [1.165, 1.54) is 4.80 Å². The highest BCUT2D eigenvalue weighted by molar-refractivity contribution is 5.92. The van der Waals surface area contributed by atoms with Crippen molar-refractivity contribution in [3.63, 3.8) is 0 Å². The van der Waals surface area contributed by atoms with Crippen molar-refractivity contribution in [3.05, 3.63) is 24.4 Å². The van der Waals surface area contributed by atoms with Crippen LogP contribution in [0.3, 0.4) is 0 Å². The van der Waals surface area contributed by atoms with E-state index in [-0.39, 0.29) is 5.91 Å². The molecule has 0 saturated heterocycles. The highest BCUT2D eigenvalue weighted by atomic mass is 16.5. The van der Waals surface area contributed by atoms with E-state index in [0.29, 0.717) is 31.8 Å². The lowest BCUT2D eigenvalue weighted by Gasteiger charge is -2.07. The van der Waals surface area contributed by atoms with Crippen LogP contribution in [-0.2, 0) is 11.3 Å². The molecule has 23 heavy (non-hydrogen) atoms. The van der Waals surface area contributed by atoms with Crippen molar-refractivity contribution < 1.29 is 9.53 Å². The van der Waals surface area contributed by atoms with Gasteiger partial charge in [0.05, 0.1) is 24.9 Å². The third-order valence-electron chi connectivity index (χ3n) is 3.76. The first-order chi connectivity index (χ1) is 11.3. The fourth-order valence-corrected chi connectivity index (χ4v) is 2.57. The van der Waals surface area contributed by atoms with E-state index in [1.807, 2.05) is 18.2 Å². The molecule has 0 unspecified atom stereocenters. The van der Waals surface area contributed by atoms with E-state index in [2.05, 4.69) is 25.7 Å². The number of benzene rings is 1. The van der Waals surface area contributed by atoms with Gasteiger partial charge in [-0.1, -0.05) is 0 Å². The van der Waals surface area contributed by atoms with Crippen molar-refractivity contribution in [1.82, 2.24) is 30.5 Å². The Morgan fingerprint density at radius 2 is 2.26 bits per heavy atom. The summed E-state index contributed by atoms with van der Waals surface area (Å²) in [5.41, 5.74) is 2.32. The van der Waals surface area contributed by atoms with Crippen molar-refractivity contribution in [3.8, 4) is 17.1 Å². The Morgan fingerprint density at radius 3 is 3.22 bits per heavy atom. The number of nitrogens with one attached hydrogen (secondary N) is 2. The maximum atomic E-state index is 11.8. The fraction of sp³-hybridized carbons (Fsp3) is 0.333. The largest absolute Gasteiger partial charge is 0.494 e. The first-order valence-electron chi connectivity index (χ1n) is 7.58. The quantitative estimate of drug-likeness (QED) is 0.648. The van der Waals surface area contributed by atoms with E-state index in [1.54, 1.807) is 6.20 Å². The maximum absolute atomic E-state index is 11.8. The molecule has 0 spiro atoms. The van der Waals surface area contributed by atoms with Gasteiger partial charge in [0.1, 0.15) is 17.1 Å². The van der Waals surface area contributed by atoms with Gasteiger partial charge < -0.3 is 10.1 Å². The molecule has 3 heterocycles. The predicted octanol–water partition coefficient (Wildman–Crippen LogP) is 1.11. The Morgan fingerprint density at radius 1 is 1.30 bits per heavy atom. The topological polar surface area (TPSA) is 97.7 Å². The first kappa shape index (κ1) is 13.7. The molecule has 1 aromatic carbocycles. The van der Waals surface area contributed by atoms with Gasteiger partial charge in [0.2, 0.25) is 5.91 Å². The number of ether oxygens (including phenoxy) is 1. The van der Waals surface area contributed by atoms with E-state index in [0.717, 1.165) is 28.8 Å². The molecular formula is C15H16N6O2. The van der Waals surface area contributed by atoms with Gasteiger partial charge in [0, 0.05) is 18.4 Å². The number of aryl methyl sites for hydroxylation is 1. The van der Waals surface area contributed by atoms with Gasteiger partial charge >= 0.3 is 0 Å². The molecule has 0 aliphatic carbocycles. The SMILES string of the molecule is O=C1CCn2ncc(n2)-c2n[nH]c3ccc(cc23)OCCCN1. The van der Waals surface area contributed by atoms with Gasteiger partial charge in [-0.25, -0.2) is 0 Å². The van der Waals surface area contributed by atoms with E-state index >= 15 is 0 Å². The lowest BCUT2D eigenvalue weighted by molar-refractivity contribution is -0.121. The van der Waals surface area contributed by atoms with Crippen molar-refractivity contribution in [2.75, 3.05) is 13.2 Å². The number of carbonyl (C=O) groups excluding carboxylic acids is 1. The number of rotatable bonds is 0. The lowest BCUT2D eigenvalue weighted by atomic mass is 10.1. The summed E-state index contributed by atoms with van der Waals surface area (Å²) in [7, 11) is 0. The standard InChI is InChI=1S/C15H16N6O2/c22-14-4-6-21-17-9-13(20-21)15-11-8-10(23-7-1-5-16-14)2-3-12(11)18-19-15/h2-3,8-9H,1,4-7H2,(H,16,22)(H,18,19). The minimum atomic E-state index is -0.0126. The number of hydrogen-bond acceptors (Lipinski definition) is 5. The average molecular weight is 312 g/mol. The summed E-state index contributed by atoms with van der Waals surface area (Å²) in [5, 5.41) is 19.8. The summed E-state index contributed by atoms with van der Waals surface area (Å²) < 4.78 is 5.75. The van der Waals surface area contributed by atoms with Crippen LogP contribution in [0.15, 0.2) is 24.4 Å². The number of carbonyl (C=O) groups is 1. The molecule has 8 heteroatoms. The van der Waals surface area contributed by atoms with Gasteiger partial charge in [-0.3, -0.25) is 9.89 Å². The number of aromatic amines is 1. The normalized spacial score (nSPS) is 15.7.